The van der Waals surface area contributed by atoms with Gasteiger partial charge in [0.15, 0.2) is 0 Å². The minimum Gasteiger partial charge on any atom is -0.457 e. The Morgan fingerprint density at radius 1 is 1.10 bits per heavy atom. The average Bonchev–Trinajstić information content (AvgIpc) is 3.01. The van der Waals surface area contributed by atoms with Gasteiger partial charge in [0.05, 0.1) is 15.0 Å². The number of benzene rings is 1. The standard InChI is InChI=1S/C14H7Cl2NO3S/c15-9-3-1-7(5-10(9)16)11-4-2-8(20-11)6-12-13(18)17-14(19)21-12/h1-6H,(H,17,18,19)/b12-6-. The topological polar surface area (TPSA) is 59.3 Å². The summed E-state index contributed by atoms with van der Waals surface area (Å²) in [7, 11) is 0. The normalized spacial score (nSPS) is 16.6. The Hall–Kier alpha value is -1.69. The monoisotopic (exact) mass is 339 g/mol. The van der Waals surface area contributed by atoms with Crippen LogP contribution in [-0.4, -0.2) is 11.1 Å². The SMILES string of the molecule is O=C1NC(=O)/C(=C/c2ccc(-c3ccc(Cl)c(Cl)c3)o2)S1. The minimum atomic E-state index is -0.419. The quantitative estimate of drug-likeness (QED) is 0.813. The van der Waals surface area contributed by atoms with E-state index in [1.165, 1.54) is 6.08 Å². The highest BCUT2D eigenvalue weighted by molar-refractivity contribution is 8.18. The maximum absolute atomic E-state index is 11.5. The van der Waals surface area contributed by atoms with Crippen molar-refractivity contribution in [2.45, 2.75) is 0 Å². The van der Waals surface area contributed by atoms with Crippen LogP contribution in [0.25, 0.3) is 17.4 Å². The van der Waals surface area contributed by atoms with Crippen LogP contribution in [0.15, 0.2) is 39.7 Å². The molecule has 1 aromatic carbocycles. The zero-order valence-electron chi connectivity index (χ0n) is 10.4. The Balaban J connectivity index is 1.90. The second-order valence-corrected chi connectivity index (χ2v) is 6.01. The molecular weight excluding hydrogens is 333 g/mol. The minimum absolute atomic E-state index is 0.301. The van der Waals surface area contributed by atoms with E-state index in [1.807, 2.05) is 0 Å². The Bertz CT molecular complexity index is 782. The lowest BCUT2D eigenvalue weighted by molar-refractivity contribution is -0.115. The molecule has 0 aliphatic carbocycles. The fourth-order valence-electron chi connectivity index (χ4n) is 1.79. The number of carbonyl (C=O) groups excluding carboxylic acids is 2. The lowest BCUT2D eigenvalue weighted by Gasteiger charge is -1.99. The van der Waals surface area contributed by atoms with E-state index in [1.54, 1.807) is 30.3 Å². The molecule has 3 rings (SSSR count). The highest BCUT2D eigenvalue weighted by Gasteiger charge is 2.25. The van der Waals surface area contributed by atoms with Crippen molar-refractivity contribution in [3.8, 4) is 11.3 Å². The van der Waals surface area contributed by atoms with E-state index < -0.39 is 5.91 Å². The Morgan fingerprint density at radius 2 is 1.90 bits per heavy atom. The molecule has 1 aliphatic heterocycles. The van der Waals surface area contributed by atoms with Crippen LogP contribution >= 0.6 is 35.0 Å². The van der Waals surface area contributed by atoms with Gasteiger partial charge in [0, 0.05) is 11.6 Å². The van der Waals surface area contributed by atoms with Crippen LogP contribution in [0.4, 0.5) is 4.79 Å². The van der Waals surface area contributed by atoms with Gasteiger partial charge in [0.2, 0.25) is 0 Å². The predicted octanol–water partition coefficient (Wildman–Crippen LogP) is 4.58. The number of amides is 2. The van der Waals surface area contributed by atoms with E-state index >= 15 is 0 Å². The summed E-state index contributed by atoms with van der Waals surface area (Å²) in [6.45, 7) is 0. The van der Waals surface area contributed by atoms with Crippen molar-refractivity contribution in [3.63, 3.8) is 0 Å². The summed E-state index contributed by atoms with van der Waals surface area (Å²) in [5, 5.41) is 2.69. The molecule has 0 unspecified atom stereocenters. The van der Waals surface area contributed by atoms with E-state index in [0.717, 1.165) is 17.3 Å². The van der Waals surface area contributed by atoms with E-state index in [9.17, 15) is 9.59 Å². The summed E-state index contributed by atoms with van der Waals surface area (Å²) in [6, 6.07) is 8.62. The van der Waals surface area contributed by atoms with Crippen LogP contribution in [0.2, 0.25) is 10.0 Å². The molecule has 106 valence electrons. The van der Waals surface area contributed by atoms with Crippen molar-refractivity contribution in [1.82, 2.24) is 5.32 Å². The molecule has 2 aromatic rings. The predicted molar refractivity (Wildman–Crippen MR) is 83.3 cm³/mol. The molecule has 1 fully saturated rings. The van der Waals surface area contributed by atoms with Crippen molar-refractivity contribution in [1.29, 1.82) is 0 Å². The van der Waals surface area contributed by atoms with Crippen molar-refractivity contribution in [2.75, 3.05) is 0 Å². The first kappa shape index (κ1) is 14.3. The molecule has 0 bridgehead atoms. The van der Waals surface area contributed by atoms with Crippen molar-refractivity contribution >= 4 is 52.2 Å². The molecule has 1 aliphatic rings. The van der Waals surface area contributed by atoms with Gasteiger partial charge < -0.3 is 4.42 Å². The number of hydrogen-bond donors (Lipinski definition) is 1. The van der Waals surface area contributed by atoms with Crippen LogP contribution in [0.3, 0.4) is 0 Å². The maximum Gasteiger partial charge on any atom is 0.290 e. The number of imide groups is 1. The third-order valence-corrected chi connectivity index (χ3v) is 4.30. The molecule has 2 heterocycles. The summed E-state index contributed by atoms with van der Waals surface area (Å²) in [5.74, 6) is 0.649. The molecule has 0 radical (unpaired) electrons. The van der Waals surface area contributed by atoms with Crippen LogP contribution in [-0.2, 0) is 4.79 Å². The van der Waals surface area contributed by atoms with Crippen LogP contribution < -0.4 is 5.32 Å². The summed E-state index contributed by atoms with van der Waals surface area (Å²) >= 11 is 12.7. The van der Waals surface area contributed by atoms with E-state index in [2.05, 4.69) is 5.32 Å². The fraction of sp³-hybridized carbons (Fsp3) is 0. The molecule has 0 atom stereocenters. The lowest BCUT2D eigenvalue weighted by atomic mass is 10.2. The zero-order chi connectivity index (χ0) is 15.0. The van der Waals surface area contributed by atoms with Crippen molar-refractivity contribution in [3.05, 3.63) is 51.0 Å². The number of hydrogen-bond acceptors (Lipinski definition) is 4. The Labute approximate surface area is 134 Å². The van der Waals surface area contributed by atoms with Gasteiger partial charge in [-0.2, -0.15) is 0 Å². The first-order chi connectivity index (χ1) is 10.0. The average molecular weight is 340 g/mol. The van der Waals surface area contributed by atoms with Gasteiger partial charge in [0.25, 0.3) is 11.1 Å². The summed E-state index contributed by atoms with van der Waals surface area (Å²) in [6.07, 6.45) is 1.52. The maximum atomic E-state index is 11.5. The highest BCUT2D eigenvalue weighted by Crippen LogP contribution is 2.31. The van der Waals surface area contributed by atoms with Crippen LogP contribution in [0.1, 0.15) is 5.76 Å². The second kappa shape index (κ2) is 5.60. The van der Waals surface area contributed by atoms with Crippen molar-refractivity contribution in [2.24, 2.45) is 0 Å². The van der Waals surface area contributed by atoms with E-state index in [-0.39, 0.29) is 5.24 Å². The van der Waals surface area contributed by atoms with E-state index in [4.69, 9.17) is 27.6 Å². The smallest absolute Gasteiger partial charge is 0.290 e. The van der Waals surface area contributed by atoms with Gasteiger partial charge in [-0.25, -0.2) is 0 Å². The number of carbonyl (C=O) groups is 2. The van der Waals surface area contributed by atoms with Gasteiger partial charge in [-0.1, -0.05) is 23.2 Å². The highest BCUT2D eigenvalue weighted by atomic mass is 35.5. The first-order valence-corrected chi connectivity index (χ1v) is 7.40. The number of nitrogens with one attached hydrogen (secondary N) is 1. The molecular formula is C14H7Cl2NO3S. The molecule has 4 nitrogen and oxygen atoms in total. The number of halogens is 2. The molecule has 1 N–H and O–H groups in total. The zero-order valence-corrected chi connectivity index (χ0v) is 12.7. The van der Waals surface area contributed by atoms with Crippen LogP contribution in [0, 0.1) is 0 Å². The largest absolute Gasteiger partial charge is 0.457 e. The molecule has 7 heteroatoms. The third kappa shape index (κ3) is 3.00. The Morgan fingerprint density at radius 3 is 2.57 bits per heavy atom. The number of rotatable bonds is 2. The van der Waals surface area contributed by atoms with Crippen molar-refractivity contribution < 1.29 is 14.0 Å². The first-order valence-electron chi connectivity index (χ1n) is 5.83. The molecule has 0 spiro atoms. The van der Waals surface area contributed by atoms with Crippen LogP contribution in [0.5, 0.6) is 0 Å². The third-order valence-electron chi connectivity index (χ3n) is 2.75. The van der Waals surface area contributed by atoms with Gasteiger partial charge in [-0.3, -0.25) is 14.9 Å². The molecule has 2 amide bonds. The summed E-state index contributed by atoms with van der Waals surface area (Å²) in [4.78, 5) is 22.8. The Kier molecular flexibility index (Phi) is 3.80. The van der Waals surface area contributed by atoms with Gasteiger partial charge in [0.1, 0.15) is 11.5 Å². The van der Waals surface area contributed by atoms with Gasteiger partial charge >= 0.3 is 0 Å². The summed E-state index contributed by atoms with van der Waals surface area (Å²) in [5.41, 5.74) is 0.772. The lowest BCUT2D eigenvalue weighted by Crippen LogP contribution is -2.17. The van der Waals surface area contributed by atoms with Gasteiger partial charge in [-0.15, -0.1) is 0 Å². The van der Waals surface area contributed by atoms with E-state index in [0.29, 0.717) is 26.5 Å². The molecule has 0 saturated carbocycles. The molecule has 1 aromatic heterocycles. The second-order valence-electron chi connectivity index (χ2n) is 4.18. The van der Waals surface area contributed by atoms with Gasteiger partial charge in [-0.05, 0) is 42.1 Å². The summed E-state index contributed by atoms with van der Waals surface area (Å²) < 4.78 is 5.63. The number of thioether (sulfide) groups is 1. The number of furan rings is 1. The fourth-order valence-corrected chi connectivity index (χ4v) is 2.75. The molecule has 21 heavy (non-hydrogen) atoms. The molecule has 1 saturated heterocycles.